The maximum absolute atomic E-state index is 13.6. The van der Waals surface area contributed by atoms with Crippen LogP contribution >= 0.6 is 0 Å². The summed E-state index contributed by atoms with van der Waals surface area (Å²) in [6.45, 7) is 7.79. The first-order valence-corrected chi connectivity index (χ1v) is 13.7. The molecule has 1 aliphatic heterocycles. The van der Waals surface area contributed by atoms with Crippen LogP contribution in [0, 0.1) is 0 Å². The summed E-state index contributed by atoms with van der Waals surface area (Å²) in [5.74, 6) is 0.136. The minimum absolute atomic E-state index is 0.250. The van der Waals surface area contributed by atoms with Crippen LogP contribution in [0.5, 0.6) is 11.5 Å². The third kappa shape index (κ3) is 7.36. The maximum atomic E-state index is 13.6. The summed E-state index contributed by atoms with van der Waals surface area (Å²) < 4.78 is 37.6. The molecule has 3 rings (SSSR count). The molecule has 0 aliphatic carbocycles. The third-order valence-corrected chi connectivity index (χ3v) is 6.78. The van der Waals surface area contributed by atoms with E-state index in [1.807, 2.05) is 51.1 Å². The number of anilines is 1. The van der Waals surface area contributed by atoms with Gasteiger partial charge in [-0.3, -0.25) is 13.9 Å². The summed E-state index contributed by atoms with van der Waals surface area (Å²) in [5.41, 5.74) is 0.805. The molecular formula is C26H35N3O6S. The summed E-state index contributed by atoms with van der Waals surface area (Å²) in [7, 11) is -3.83. The van der Waals surface area contributed by atoms with Crippen LogP contribution in [0.25, 0.3) is 0 Å². The Hall–Kier alpha value is -3.27. The average Bonchev–Trinajstić information content (AvgIpc) is 2.81. The fraction of sp³-hybridized carbons (Fsp3) is 0.462. The molecule has 2 aromatic rings. The number of ether oxygens (including phenoxy) is 2. The summed E-state index contributed by atoms with van der Waals surface area (Å²) in [6, 6.07) is 13.6. The maximum Gasteiger partial charge on any atom is 0.244 e. The second kappa shape index (κ2) is 11.2. The number of hydrogen-bond acceptors (Lipinski definition) is 6. The molecule has 0 radical (unpaired) electrons. The third-order valence-electron chi connectivity index (χ3n) is 5.64. The van der Waals surface area contributed by atoms with Crippen molar-refractivity contribution in [2.45, 2.75) is 45.7 Å². The van der Waals surface area contributed by atoms with Gasteiger partial charge in [0.15, 0.2) is 11.5 Å². The van der Waals surface area contributed by atoms with E-state index >= 15 is 0 Å². The Morgan fingerprint density at radius 2 is 1.67 bits per heavy atom. The van der Waals surface area contributed by atoms with Crippen molar-refractivity contribution >= 4 is 27.5 Å². The van der Waals surface area contributed by atoms with Gasteiger partial charge in [-0.25, -0.2) is 8.42 Å². The molecule has 0 saturated carbocycles. The Morgan fingerprint density at radius 1 is 1.03 bits per heavy atom. The van der Waals surface area contributed by atoms with Gasteiger partial charge in [0.25, 0.3) is 0 Å². The number of benzene rings is 2. The molecule has 1 unspecified atom stereocenters. The second-order valence-electron chi connectivity index (χ2n) is 9.84. The highest BCUT2D eigenvalue weighted by Crippen LogP contribution is 2.34. The smallest absolute Gasteiger partial charge is 0.244 e. The first kappa shape index (κ1) is 27.3. The number of sulfonamides is 1. The van der Waals surface area contributed by atoms with Gasteiger partial charge < -0.3 is 19.7 Å². The van der Waals surface area contributed by atoms with E-state index in [-0.39, 0.29) is 18.1 Å². The molecule has 2 amide bonds. The number of carbonyl (C=O) groups is 2. The fourth-order valence-corrected chi connectivity index (χ4v) is 4.69. The molecule has 0 saturated heterocycles. The molecule has 0 aromatic heterocycles. The van der Waals surface area contributed by atoms with Gasteiger partial charge in [0.1, 0.15) is 25.8 Å². The van der Waals surface area contributed by atoms with E-state index in [1.165, 1.54) is 4.90 Å². The van der Waals surface area contributed by atoms with E-state index in [0.29, 0.717) is 31.1 Å². The fourth-order valence-electron chi connectivity index (χ4n) is 3.85. The molecule has 0 fully saturated rings. The molecular weight excluding hydrogens is 482 g/mol. The first-order chi connectivity index (χ1) is 16.8. The summed E-state index contributed by atoms with van der Waals surface area (Å²) in [5, 5.41) is 2.91. The molecule has 1 heterocycles. The molecule has 0 spiro atoms. The van der Waals surface area contributed by atoms with E-state index in [1.54, 1.807) is 25.1 Å². The lowest BCUT2D eigenvalue weighted by Gasteiger charge is -2.33. The molecule has 1 aliphatic rings. The Bertz CT molecular complexity index is 1180. The Kier molecular flexibility index (Phi) is 8.50. The zero-order valence-electron chi connectivity index (χ0n) is 21.5. The van der Waals surface area contributed by atoms with E-state index in [9.17, 15) is 18.0 Å². The van der Waals surface area contributed by atoms with Crippen LogP contribution in [0.4, 0.5) is 5.69 Å². The van der Waals surface area contributed by atoms with Gasteiger partial charge in [0.2, 0.25) is 21.8 Å². The summed E-state index contributed by atoms with van der Waals surface area (Å²) >= 11 is 0. The zero-order valence-corrected chi connectivity index (χ0v) is 22.3. The van der Waals surface area contributed by atoms with Crippen molar-refractivity contribution in [3.63, 3.8) is 0 Å². The summed E-state index contributed by atoms with van der Waals surface area (Å²) in [4.78, 5) is 28.0. The van der Waals surface area contributed by atoms with Gasteiger partial charge in [0.05, 0.1) is 11.9 Å². The lowest BCUT2D eigenvalue weighted by atomic mass is 10.1. The number of carbonyl (C=O) groups excluding carboxylic acids is 2. The van der Waals surface area contributed by atoms with Crippen molar-refractivity contribution in [2.24, 2.45) is 0 Å². The monoisotopic (exact) mass is 517 g/mol. The molecule has 196 valence electrons. The molecule has 36 heavy (non-hydrogen) atoms. The van der Waals surface area contributed by atoms with Crippen molar-refractivity contribution in [1.29, 1.82) is 0 Å². The molecule has 9 nitrogen and oxygen atoms in total. The molecule has 1 atom stereocenters. The number of nitrogens with one attached hydrogen (secondary N) is 1. The van der Waals surface area contributed by atoms with Crippen molar-refractivity contribution < 1.29 is 27.5 Å². The number of fused-ring (bicyclic) bond motifs is 1. The van der Waals surface area contributed by atoms with Gasteiger partial charge in [-0.15, -0.1) is 0 Å². The van der Waals surface area contributed by atoms with Gasteiger partial charge in [-0.05, 0) is 51.8 Å². The Balaban J connectivity index is 1.87. The van der Waals surface area contributed by atoms with E-state index in [4.69, 9.17) is 9.47 Å². The lowest BCUT2D eigenvalue weighted by Crippen LogP contribution is -2.55. The molecule has 2 aromatic carbocycles. The van der Waals surface area contributed by atoms with Crippen LogP contribution in [-0.2, 0) is 26.0 Å². The van der Waals surface area contributed by atoms with E-state index in [0.717, 1.165) is 16.1 Å². The van der Waals surface area contributed by atoms with Crippen LogP contribution in [0.2, 0.25) is 0 Å². The van der Waals surface area contributed by atoms with Gasteiger partial charge in [-0.2, -0.15) is 0 Å². The van der Waals surface area contributed by atoms with Gasteiger partial charge >= 0.3 is 0 Å². The molecule has 10 heteroatoms. The van der Waals surface area contributed by atoms with Crippen LogP contribution in [0.1, 0.15) is 33.3 Å². The largest absolute Gasteiger partial charge is 0.486 e. The second-order valence-corrected chi connectivity index (χ2v) is 11.7. The highest BCUT2D eigenvalue weighted by Gasteiger charge is 2.31. The predicted molar refractivity (Wildman–Crippen MR) is 139 cm³/mol. The van der Waals surface area contributed by atoms with Crippen molar-refractivity contribution in [3.8, 4) is 11.5 Å². The highest BCUT2D eigenvalue weighted by atomic mass is 32.2. The Morgan fingerprint density at radius 3 is 2.28 bits per heavy atom. The minimum Gasteiger partial charge on any atom is -0.486 e. The van der Waals surface area contributed by atoms with Crippen molar-refractivity contribution in [3.05, 3.63) is 54.1 Å². The zero-order chi connectivity index (χ0) is 26.5. The number of rotatable bonds is 9. The first-order valence-electron chi connectivity index (χ1n) is 11.9. The summed E-state index contributed by atoms with van der Waals surface area (Å²) in [6.07, 6.45) is 1.56. The van der Waals surface area contributed by atoms with E-state index < -0.39 is 34.1 Å². The number of hydrogen-bond donors (Lipinski definition) is 1. The quantitative estimate of drug-likeness (QED) is 0.548. The van der Waals surface area contributed by atoms with Crippen LogP contribution in [-0.4, -0.2) is 69.3 Å². The number of amides is 2. The van der Waals surface area contributed by atoms with E-state index in [2.05, 4.69) is 5.32 Å². The SMILES string of the molecule is CC(C(=O)NC(C)(C)C)N(CCc1ccccc1)C(=O)CN(c1ccc2c(c1)OCCO2)S(C)(=O)=O. The van der Waals surface area contributed by atoms with Crippen molar-refractivity contribution in [1.82, 2.24) is 10.2 Å². The van der Waals surface area contributed by atoms with Crippen LogP contribution < -0.4 is 19.1 Å². The standard InChI is InChI=1S/C26H35N3O6S/c1-19(25(31)27-26(2,3)4)28(14-13-20-9-7-6-8-10-20)24(30)18-29(36(5,32)33)21-11-12-22-23(17-21)35-16-15-34-22/h6-12,17,19H,13-16,18H2,1-5H3,(H,27,31). The van der Waals surface area contributed by atoms with Crippen LogP contribution in [0.15, 0.2) is 48.5 Å². The molecule has 0 bridgehead atoms. The topological polar surface area (TPSA) is 105 Å². The minimum atomic E-state index is -3.83. The molecule has 1 N–H and O–H groups in total. The average molecular weight is 518 g/mol. The normalized spacial score (nSPS) is 14.0. The number of nitrogens with zero attached hydrogens (tertiary/aromatic N) is 2. The lowest BCUT2D eigenvalue weighted by molar-refractivity contribution is -0.139. The highest BCUT2D eigenvalue weighted by molar-refractivity contribution is 7.92. The van der Waals surface area contributed by atoms with Gasteiger partial charge in [-0.1, -0.05) is 30.3 Å². The van der Waals surface area contributed by atoms with Gasteiger partial charge in [0, 0.05) is 18.2 Å². The predicted octanol–water partition coefficient (Wildman–Crippen LogP) is 2.60. The van der Waals surface area contributed by atoms with Crippen molar-refractivity contribution in [2.75, 3.05) is 36.9 Å². The van der Waals surface area contributed by atoms with Crippen LogP contribution in [0.3, 0.4) is 0 Å². The Labute approximate surface area is 213 Å².